The van der Waals surface area contributed by atoms with Crippen molar-refractivity contribution in [1.29, 1.82) is 0 Å². The SMILES string of the molecule is O=C(Nc1ccnn1C1CCCC1)N1CCCC1. The molecule has 98 valence electrons. The summed E-state index contributed by atoms with van der Waals surface area (Å²) in [6.07, 6.45) is 8.90. The molecular formula is C13H20N4O. The molecule has 0 radical (unpaired) electrons. The van der Waals surface area contributed by atoms with Gasteiger partial charge in [0, 0.05) is 19.2 Å². The van der Waals surface area contributed by atoms with Gasteiger partial charge in [-0.25, -0.2) is 9.48 Å². The lowest BCUT2D eigenvalue weighted by molar-refractivity contribution is 0.222. The van der Waals surface area contributed by atoms with Crippen molar-refractivity contribution in [2.75, 3.05) is 18.4 Å². The Kier molecular flexibility index (Phi) is 3.21. The molecule has 1 aliphatic heterocycles. The molecule has 0 aromatic carbocycles. The molecule has 2 fully saturated rings. The van der Waals surface area contributed by atoms with Crippen LogP contribution in [0, 0.1) is 0 Å². The Bertz CT molecular complexity index is 416. The molecule has 5 heteroatoms. The van der Waals surface area contributed by atoms with Gasteiger partial charge in [0.2, 0.25) is 0 Å². The number of amides is 2. The van der Waals surface area contributed by atoms with E-state index in [4.69, 9.17) is 0 Å². The Labute approximate surface area is 107 Å². The molecule has 2 aliphatic rings. The van der Waals surface area contributed by atoms with Crippen molar-refractivity contribution in [3.8, 4) is 0 Å². The van der Waals surface area contributed by atoms with Gasteiger partial charge in [0.15, 0.2) is 0 Å². The number of anilines is 1. The largest absolute Gasteiger partial charge is 0.324 e. The zero-order valence-electron chi connectivity index (χ0n) is 10.6. The molecule has 1 aromatic heterocycles. The monoisotopic (exact) mass is 248 g/mol. The van der Waals surface area contributed by atoms with E-state index in [1.165, 1.54) is 25.7 Å². The quantitative estimate of drug-likeness (QED) is 0.874. The summed E-state index contributed by atoms with van der Waals surface area (Å²) in [7, 11) is 0. The molecule has 1 aliphatic carbocycles. The molecule has 2 amide bonds. The van der Waals surface area contributed by atoms with Crippen LogP contribution >= 0.6 is 0 Å². The number of nitrogens with zero attached hydrogens (tertiary/aromatic N) is 3. The summed E-state index contributed by atoms with van der Waals surface area (Å²) in [5, 5.41) is 7.36. The maximum absolute atomic E-state index is 12.1. The molecule has 1 saturated heterocycles. The van der Waals surface area contributed by atoms with E-state index in [-0.39, 0.29) is 6.03 Å². The standard InChI is InChI=1S/C13H20N4O/c18-13(16-9-3-4-10-16)15-12-7-8-14-17(12)11-5-1-2-6-11/h7-8,11H,1-6,9-10H2,(H,15,18). The van der Waals surface area contributed by atoms with Gasteiger partial charge in [-0.3, -0.25) is 5.32 Å². The van der Waals surface area contributed by atoms with Crippen molar-refractivity contribution in [3.05, 3.63) is 12.3 Å². The Balaban J connectivity index is 1.68. The highest BCUT2D eigenvalue weighted by Crippen LogP contribution is 2.31. The second-order valence-electron chi connectivity index (χ2n) is 5.22. The van der Waals surface area contributed by atoms with Gasteiger partial charge in [0.1, 0.15) is 5.82 Å². The van der Waals surface area contributed by atoms with Crippen LogP contribution in [0.25, 0.3) is 0 Å². The van der Waals surface area contributed by atoms with E-state index in [0.29, 0.717) is 6.04 Å². The second-order valence-corrected chi connectivity index (χ2v) is 5.22. The second kappa shape index (κ2) is 5.00. The molecule has 1 saturated carbocycles. The number of hydrogen-bond donors (Lipinski definition) is 1. The van der Waals surface area contributed by atoms with Crippen molar-refractivity contribution in [3.63, 3.8) is 0 Å². The van der Waals surface area contributed by atoms with E-state index in [2.05, 4.69) is 10.4 Å². The highest BCUT2D eigenvalue weighted by Gasteiger charge is 2.22. The first-order chi connectivity index (χ1) is 8.84. The smallest absolute Gasteiger partial charge is 0.322 e. The van der Waals surface area contributed by atoms with Crippen LogP contribution < -0.4 is 5.32 Å². The van der Waals surface area contributed by atoms with Crippen LogP contribution in [0.1, 0.15) is 44.6 Å². The summed E-state index contributed by atoms with van der Waals surface area (Å²) in [6, 6.07) is 2.38. The van der Waals surface area contributed by atoms with Crippen LogP contribution in [0.15, 0.2) is 12.3 Å². The summed E-state index contributed by atoms with van der Waals surface area (Å²) in [5.41, 5.74) is 0. The van der Waals surface area contributed by atoms with Gasteiger partial charge in [0.25, 0.3) is 0 Å². The van der Waals surface area contributed by atoms with Crippen molar-refractivity contribution >= 4 is 11.8 Å². The lowest BCUT2D eigenvalue weighted by atomic mass is 10.2. The van der Waals surface area contributed by atoms with Crippen LogP contribution in [0.4, 0.5) is 10.6 Å². The van der Waals surface area contributed by atoms with Crippen molar-refractivity contribution < 1.29 is 4.79 Å². The minimum absolute atomic E-state index is 0.0206. The molecule has 0 bridgehead atoms. The number of hydrogen-bond acceptors (Lipinski definition) is 2. The number of nitrogens with one attached hydrogen (secondary N) is 1. The first-order valence-electron chi connectivity index (χ1n) is 6.94. The predicted octanol–water partition coefficient (Wildman–Crippen LogP) is 2.63. The molecule has 0 unspecified atom stereocenters. The van der Waals surface area contributed by atoms with Crippen LogP contribution in [0.2, 0.25) is 0 Å². The van der Waals surface area contributed by atoms with Crippen LogP contribution in [-0.4, -0.2) is 33.8 Å². The topological polar surface area (TPSA) is 50.2 Å². The van der Waals surface area contributed by atoms with E-state index in [1.807, 2.05) is 15.6 Å². The number of likely N-dealkylation sites (tertiary alicyclic amines) is 1. The fourth-order valence-electron chi connectivity index (χ4n) is 2.96. The predicted molar refractivity (Wildman–Crippen MR) is 69.6 cm³/mol. The number of carbonyl (C=O) groups is 1. The molecule has 2 heterocycles. The third-order valence-electron chi connectivity index (χ3n) is 3.97. The fraction of sp³-hybridized carbons (Fsp3) is 0.692. The van der Waals surface area contributed by atoms with E-state index in [1.54, 1.807) is 6.20 Å². The highest BCUT2D eigenvalue weighted by molar-refractivity contribution is 5.88. The summed E-state index contributed by atoms with van der Waals surface area (Å²) >= 11 is 0. The number of urea groups is 1. The van der Waals surface area contributed by atoms with Crippen molar-refractivity contribution in [2.45, 2.75) is 44.6 Å². The molecule has 1 aromatic rings. The summed E-state index contributed by atoms with van der Waals surface area (Å²) in [6.45, 7) is 1.76. The van der Waals surface area contributed by atoms with Gasteiger partial charge >= 0.3 is 6.03 Å². The minimum atomic E-state index is 0.0206. The Morgan fingerprint density at radius 2 is 1.94 bits per heavy atom. The van der Waals surface area contributed by atoms with E-state index < -0.39 is 0 Å². The number of rotatable bonds is 2. The first kappa shape index (κ1) is 11.6. The molecule has 1 N–H and O–H groups in total. The van der Waals surface area contributed by atoms with Crippen LogP contribution in [-0.2, 0) is 0 Å². The fourth-order valence-corrected chi connectivity index (χ4v) is 2.96. The normalized spacial score (nSPS) is 20.6. The third kappa shape index (κ3) is 2.21. The van der Waals surface area contributed by atoms with E-state index in [0.717, 1.165) is 31.7 Å². The average Bonchev–Trinajstić information content (AvgIpc) is 3.11. The lowest BCUT2D eigenvalue weighted by Crippen LogP contribution is -2.33. The summed E-state index contributed by atoms with van der Waals surface area (Å²) in [5.74, 6) is 0.846. The highest BCUT2D eigenvalue weighted by atomic mass is 16.2. The van der Waals surface area contributed by atoms with Crippen LogP contribution in [0.5, 0.6) is 0 Å². The molecule has 5 nitrogen and oxygen atoms in total. The van der Waals surface area contributed by atoms with Gasteiger partial charge in [-0.1, -0.05) is 12.8 Å². The number of aromatic nitrogens is 2. The molecule has 0 atom stereocenters. The maximum atomic E-state index is 12.1. The molecule has 18 heavy (non-hydrogen) atoms. The molecule has 3 rings (SSSR count). The van der Waals surface area contributed by atoms with Gasteiger partial charge < -0.3 is 4.90 Å². The maximum Gasteiger partial charge on any atom is 0.322 e. The number of carbonyl (C=O) groups excluding carboxylic acids is 1. The van der Waals surface area contributed by atoms with Gasteiger partial charge in [-0.15, -0.1) is 0 Å². The van der Waals surface area contributed by atoms with Crippen LogP contribution in [0.3, 0.4) is 0 Å². The zero-order valence-corrected chi connectivity index (χ0v) is 10.6. The minimum Gasteiger partial charge on any atom is -0.324 e. The van der Waals surface area contributed by atoms with Gasteiger partial charge in [-0.2, -0.15) is 5.10 Å². The Morgan fingerprint density at radius 3 is 2.67 bits per heavy atom. The molecular weight excluding hydrogens is 228 g/mol. The van der Waals surface area contributed by atoms with E-state index in [9.17, 15) is 4.79 Å². The Morgan fingerprint density at radius 1 is 1.22 bits per heavy atom. The van der Waals surface area contributed by atoms with Crippen molar-refractivity contribution in [1.82, 2.24) is 14.7 Å². The third-order valence-corrected chi connectivity index (χ3v) is 3.97. The van der Waals surface area contributed by atoms with E-state index >= 15 is 0 Å². The van der Waals surface area contributed by atoms with Gasteiger partial charge in [-0.05, 0) is 25.7 Å². The first-order valence-corrected chi connectivity index (χ1v) is 6.94. The Hall–Kier alpha value is -1.52. The summed E-state index contributed by atoms with van der Waals surface area (Å²) in [4.78, 5) is 13.9. The van der Waals surface area contributed by atoms with Crippen molar-refractivity contribution in [2.24, 2.45) is 0 Å². The summed E-state index contributed by atoms with van der Waals surface area (Å²) < 4.78 is 1.99. The van der Waals surface area contributed by atoms with Gasteiger partial charge in [0.05, 0.1) is 12.2 Å². The molecule has 0 spiro atoms. The average molecular weight is 248 g/mol. The lowest BCUT2D eigenvalue weighted by Gasteiger charge is -2.19. The zero-order chi connectivity index (χ0) is 12.4.